The standard InChI is InChI=1S/C14H25F2O3P/c1-2-20(17,18-13-9-5-3-7-11(13)15)19-14-10-6-4-8-12(14)16/h11-14H,2-10H2,1H3. The normalized spacial score (nSPS) is 38.4. The lowest BCUT2D eigenvalue weighted by atomic mass is 9.96. The molecule has 0 aromatic rings. The van der Waals surface area contributed by atoms with Crippen molar-refractivity contribution in [3.63, 3.8) is 0 Å². The van der Waals surface area contributed by atoms with Crippen LogP contribution in [0.5, 0.6) is 0 Å². The van der Waals surface area contributed by atoms with Gasteiger partial charge in [-0.05, 0) is 25.7 Å². The molecule has 2 aliphatic rings. The minimum atomic E-state index is -3.39. The van der Waals surface area contributed by atoms with E-state index in [0.29, 0.717) is 25.7 Å². The molecule has 0 radical (unpaired) electrons. The van der Waals surface area contributed by atoms with Crippen molar-refractivity contribution >= 4 is 7.60 Å². The summed E-state index contributed by atoms with van der Waals surface area (Å²) in [5, 5.41) is 0. The van der Waals surface area contributed by atoms with Crippen molar-refractivity contribution in [2.24, 2.45) is 0 Å². The maximum atomic E-state index is 13.8. The topological polar surface area (TPSA) is 35.5 Å². The zero-order valence-electron chi connectivity index (χ0n) is 12.1. The smallest absolute Gasteiger partial charge is 0.302 e. The van der Waals surface area contributed by atoms with Crippen molar-refractivity contribution in [2.75, 3.05) is 6.16 Å². The molecule has 0 N–H and O–H groups in total. The summed E-state index contributed by atoms with van der Waals surface area (Å²) < 4.78 is 51.2. The highest BCUT2D eigenvalue weighted by Crippen LogP contribution is 2.53. The number of rotatable bonds is 5. The van der Waals surface area contributed by atoms with Gasteiger partial charge in [0, 0.05) is 6.16 Å². The van der Waals surface area contributed by atoms with E-state index in [1.165, 1.54) is 0 Å². The molecule has 0 bridgehead atoms. The summed E-state index contributed by atoms with van der Waals surface area (Å²) in [5.74, 6) is 0. The van der Waals surface area contributed by atoms with Crippen LogP contribution in [0, 0.1) is 0 Å². The molecule has 4 atom stereocenters. The molecule has 2 rings (SSSR count). The van der Waals surface area contributed by atoms with Gasteiger partial charge in [-0.15, -0.1) is 0 Å². The van der Waals surface area contributed by atoms with Crippen LogP contribution >= 0.6 is 7.60 Å². The van der Waals surface area contributed by atoms with E-state index in [2.05, 4.69) is 0 Å². The summed E-state index contributed by atoms with van der Waals surface area (Å²) in [6.45, 7) is 1.69. The van der Waals surface area contributed by atoms with E-state index in [1.807, 2.05) is 0 Å². The van der Waals surface area contributed by atoms with Gasteiger partial charge in [-0.3, -0.25) is 4.57 Å². The zero-order chi connectivity index (χ0) is 14.6. The van der Waals surface area contributed by atoms with Gasteiger partial charge in [-0.1, -0.05) is 32.6 Å². The molecule has 0 saturated heterocycles. The van der Waals surface area contributed by atoms with E-state index in [1.54, 1.807) is 6.92 Å². The molecule has 20 heavy (non-hydrogen) atoms. The van der Waals surface area contributed by atoms with Gasteiger partial charge < -0.3 is 9.05 Å². The highest BCUT2D eigenvalue weighted by atomic mass is 31.2. The predicted molar refractivity (Wildman–Crippen MR) is 74.6 cm³/mol. The molecule has 3 nitrogen and oxygen atoms in total. The fourth-order valence-corrected chi connectivity index (χ4v) is 4.58. The molecule has 0 amide bonds. The van der Waals surface area contributed by atoms with Crippen LogP contribution in [0.15, 0.2) is 0 Å². The van der Waals surface area contributed by atoms with Crippen LogP contribution in [0.2, 0.25) is 0 Å². The van der Waals surface area contributed by atoms with E-state index in [0.717, 1.165) is 25.7 Å². The average Bonchev–Trinajstić information content (AvgIpc) is 2.44. The Labute approximate surface area is 119 Å². The minimum absolute atomic E-state index is 0.166. The van der Waals surface area contributed by atoms with Crippen LogP contribution in [-0.4, -0.2) is 30.7 Å². The molecule has 2 saturated carbocycles. The van der Waals surface area contributed by atoms with E-state index in [4.69, 9.17) is 9.05 Å². The van der Waals surface area contributed by atoms with Crippen LogP contribution in [0.25, 0.3) is 0 Å². The molecule has 2 fully saturated rings. The molecule has 0 heterocycles. The summed E-state index contributed by atoms with van der Waals surface area (Å²) in [4.78, 5) is 0. The molecule has 6 heteroatoms. The Morgan fingerprint density at radius 1 is 0.900 bits per heavy atom. The fourth-order valence-electron chi connectivity index (χ4n) is 2.93. The van der Waals surface area contributed by atoms with Crippen LogP contribution in [0.4, 0.5) is 8.78 Å². The molecule has 0 aromatic heterocycles. The first-order valence-electron chi connectivity index (χ1n) is 7.78. The number of hydrogen-bond acceptors (Lipinski definition) is 3. The Kier molecular flexibility index (Phi) is 6.00. The SMILES string of the molecule is CCP(=O)(OC1CCCCC1F)OC1CCCCC1F. The first-order valence-corrected chi connectivity index (χ1v) is 9.51. The summed E-state index contributed by atoms with van der Waals surface area (Å²) in [5.41, 5.74) is 0. The molecular weight excluding hydrogens is 285 g/mol. The number of hydrogen-bond donors (Lipinski definition) is 0. The monoisotopic (exact) mass is 310 g/mol. The highest BCUT2D eigenvalue weighted by molar-refractivity contribution is 7.53. The van der Waals surface area contributed by atoms with Gasteiger partial charge in [0.15, 0.2) is 0 Å². The van der Waals surface area contributed by atoms with Crippen LogP contribution < -0.4 is 0 Å². The van der Waals surface area contributed by atoms with Crippen molar-refractivity contribution in [1.82, 2.24) is 0 Å². The van der Waals surface area contributed by atoms with Gasteiger partial charge >= 0.3 is 7.60 Å². The molecule has 118 valence electrons. The second-order valence-corrected chi connectivity index (χ2v) is 8.09. The summed E-state index contributed by atoms with van der Waals surface area (Å²) in [6.07, 6.45) is 2.16. The second kappa shape index (κ2) is 7.33. The fraction of sp³-hybridized carbons (Fsp3) is 1.00. The van der Waals surface area contributed by atoms with Crippen LogP contribution in [-0.2, 0) is 13.6 Å². The van der Waals surface area contributed by atoms with Gasteiger partial charge in [0.25, 0.3) is 0 Å². The first-order chi connectivity index (χ1) is 9.54. The second-order valence-electron chi connectivity index (χ2n) is 5.82. The molecular formula is C14H25F2O3P. The third kappa shape index (κ3) is 4.25. The predicted octanol–water partition coefficient (Wildman–Crippen LogP) is 4.79. The van der Waals surface area contributed by atoms with E-state index >= 15 is 0 Å². The maximum Gasteiger partial charge on any atom is 0.331 e. The first kappa shape index (κ1) is 16.4. The van der Waals surface area contributed by atoms with Crippen molar-refractivity contribution in [2.45, 2.75) is 82.8 Å². The van der Waals surface area contributed by atoms with Gasteiger partial charge in [0.1, 0.15) is 12.3 Å². The van der Waals surface area contributed by atoms with Crippen molar-refractivity contribution in [1.29, 1.82) is 0 Å². The molecule has 0 aromatic carbocycles. The molecule has 0 spiro atoms. The Morgan fingerprint density at radius 2 is 1.30 bits per heavy atom. The largest absolute Gasteiger partial charge is 0.331 e. The lowest BCUT2D eigenvalue weighted by Crippen LogP contribution is -2.32. The van der Waals surface area contributed by atoms with Crippen molar-refractivity contribution < 1.29 is 22.4 Å². The quantitative estimate of drug-likeness (QED) is 0.685. The lowest BCUT2D eigenvalue weighted by molar-refractivity contribution is 0.0123. The van der Waals surface area contributed by atoms with E-state index in [-0.39, 0.29) is 6.16 Å². The molecule has 4 unspecified atom stereocenters. The number of halogens is 2. The maximum absolute atomic E-state index is 13.8. The van der Waals surface area contributed by atoms with Crippen LogP contribution in [0.3, 0.4) is 0 Å². The van der Waals surface area contributed by atoms with Crippen molar-refractivity contribution in [3.05, 3.63) is 0 Å². The van der Waals surface area contributed by atoms with Gasteiger partial charge in [0.05, 0.1) is 12.2 Å². The molecule has 2 aliphatic carbocycles. The van der Waals surface area contributed by atoms with Gasteiger partial charge in [-0.25, -0.2) is 8.78 Å². The Balaban J connectivity index is 1.95. The summed E-state index contributed by atoms with van der Waals surface area (Å²) in [6, 6.07) is 0. The minimum Gasteiger partial charge on any atom is -0.302 e. The van der Waals surface area contributed by atoms with Crippen LogP contribution in [0.1, 0.15) is 58.3 Å². The van der Waals surface area contributed by atoms with Gasteiger partial charge in [0.2, 0.25) is 0 Å². The lowest BCUT2D eigenvalue weighted by Gasteiger charge is -2.33. The number of alkyl halides is 2. The summed E-state index contributed by atoms with van der Waals surface area (Å²) in [7, 11) is -3.39. The average molecular weight is 310 g/mol. The zero-order valence-corrected chi connectivity index (χ0v) is 13.0. The Bertz CT molecular complexity index is 325. The summed E-state index contributed by atoms with van der Waals surface area (Å²) >= 11 is 0. The third-order valence-electron chi connectivity index (χ3n) is 4.22. The highest BCUT2D eigenvalue weighted by Gasteiger charge is 2.38. The van der Waals surface area contributed by atoms with Crippen molar-refractivity contribution in [3.8, 4) is 0 Å². The van der Waals surface area contributed by atoms with E-state index in [9.17, 15) is 13.3 Å². The Hall–Kier alpha value is 0.01000. The third-order valence-corrected chi connectivity index (χ3v) is 6.18. The van der Waals surface area contributed by atoms with Gasteiger partial charge in [-0.2, -0.15) is 0 Å². The van der Waals surface area contributed by atoms with E-state index < -0.39 is 32.1 Å². The Morgan fingerprint density at radius 3 is 1.65 bits per heavy atom. The molecule has 0 aliphatic heterocycles.